The maximum absolute atomic E-state index is 14.3. The van der Waals surface area contributed by atoms with Crippen LogP contribution >= 0.6 is 15.9 Å². The standard InChI is InChI=1S/C35H37BrN4O4/c1-40(2)30-17-9-26(10-18-30)24-37-39-34(42)35(23-25-7-4-3-5-8-25)32(27-11-15-29(36)16-12-27)44-33(38-35)28-13-19-31(20-14-28)43-22-6-21-41/h3-5,7-20,32,37,41H,6,21-24H2,1-2H3,(H,39,42)/t32-,35-/m0/s1. The SMILES string of the molecule is CN(C)c1ccc(CNNC(=O)[C@@]2(Cc3ccccc3)N=C(c3ccc(OCCCO)cc3)O[C@H]2c2ccc(Br)cc2)cc1. The highest BCUT2D eigenvalue weighted by atomic mass is 79.9. The van der Waals surface area contributed by atoms with E-state index < -0.39 is 11.6 Å². The summed E-state index contributed by atoms with van der Waals surface area (Å²) in [6.45, 7) is 0.939. The van der Waals surface area contributed by atoms with Crippen molar-refractivity contribution in [1.29, 1.82) is 0 Å². The van der Waals surface area contributed by atoms with Crippen molar-refractivity contribution < 1.29 is 19.4 Å². The van der Waals surface area contributed by atoms with Gasteiger partial charge >= 0.3 is 0 Å². The van der Waals surface area contributed by atoms with Crippen molar-refractivity contribution in [3.05, 3.63) is 130 Å². The van der Waals surface area contributed by atoms with Gasteiger partial charge in [0.1, 0.15) is 5.75 Å². The molecular formula is C35H37BrN4O4. The molecule has 2 atom stereocenters. The minimum Gasteiger partial charge on any atom is -0.494 e. The van der Waals surface area contributed by atoms with Gasteiger partial charge in [-0.25, -0.2) is 10.4 Å². The van der Waals surface area contributed by atoms with E-state index in [-0.39, 0.29) is 12.5 Å². The number of aliphatic hydroxyl groups excluding tert-OH is 1. The maximum atomic E-state index is 14.3. The number of halogens is 1. The number of carbonyl (C=O) groups is 1. The molecule has 5 rings (SSSR count). The van der Waals surface area contributed by atoms with Crippen molar-refractivity contribution in [3.8, 4) is 5.75 Å². The van der Waals surface area contributed by atoms with Crippen LogP contribution < -0.4 is 20.5 Å². The van der Waals surface area contributed by atoms with E-state index in [2.05, 4.69) is 26.8 Å². The zero-order valence-electron chi connectivity index (χ0n) is 24.9. The first-order valence-corrected chi connectivity index (χ1v) is 15.4. The van der Waals surface area contributed by atoms with Gasteiger partial charge < -0.3 is 19.5 Å². The number of nitrogens with one attached hydrogen (secondary N) is 2. The average molecular weight is 658 g/mol. The summed E-state index contributed by atoms with van der Waals surface area (Å²) < 4.78 is 13.2. The molecule has 0 bridgehead atoms. The van der Waals surface area contributed by atoms with Crippen LogP contribution in [0.5, 0.6) is 5.75 Å². The second-order valence-corrected chi connectivity index (χ2v) is 11.8. The van der Waals surface area contributed by atoms with Gasteiger partial charge in [-0.05, 0) is 65.2 Å². The van der Waals surface area contributed by atoms with Crippen molar-refractivity contribution in [2.75, 3.05) is 32.2 Å². The highest BCUT2D eigenvalue weighted by molar-refractivity contribution is 9.10. The summed E-state index contributed by atoms with van der Waals surface area (Å²) in [6, 6.07) is 33.2. The van der Waals surface area contributed by atoms with Gasteiger partial charge in [0, 0.05) is 55.8 Å². The number of hydrazine groups is 1. The van der Waals surface area contributed by atoms with Crippen LogP contribution in [0.3, 0.4) is 0 Å². The van der Waals surface area contributed by atoms with Crippen molar-refractivity contribution in [1.82, 2.24) is 10.9 Å². The molecule has 0 aliphatic carbocycles. The van der Waals surface area contributed by atoms with Gasteiger partial charge in [-0.2, -0.15) is 0 Å². The molecular weight excluding hydrogens is 620 g/mol. The molecule has 1 aliphatic rings. The van der Waals surface area contributed by atoms with Crippen LogP contribution in [0.15, 0.2) is 113 Å². The number of hydrogen-bond donors (Lipinski definition) is 3. The molecule has 4 aromatic carbocycles. The summed E-state index contributed by atoms with van der Waals surface area (Å²) in [5.41, 5.74) is 9.45. The fourth-order valence-corrected chi connectivity index (χ4v) is 5.34. The van der Waals surface area contributed by atoms with E-state index in [4.69, 9.17) is 19.6 Å². The normalized spacial score (nSPS) is 17.5. The molecule has 0 fully saturated rings. The van der Waals surface area contributed by atoms with E-state index >= 15 is 0 Å². The van der Waals surface area contributed by atoms with Crippen molar-refractivity contribution in [3.63, 3.8) is 0 Å². The van der Waals surface area contributed by atoms with Crippen LogP contribution in [0.1, 0.15) is 34.8 Å². The third-order valence-electron chi connectivity index (χ3n) is 7.47. The van der Waals surface area contributed by atoms with E-state index in [1.165, 1.54) is 0 Å². The maximum Gasteiger partial charge on any atom is 0.266 e. The quantitative estimate of drug-likeness (QED) is 0.128. The van der Waals surface area contributed by atoms with Crippen LogP contribution in [0.2, 0.25) is 0 Å². The van der Waals surface area contributed by atoms with Gasteiger partial charge in [0.05, 0.1) is 6.61 Å². The molecule has 1 amide bonds. The largest absolute Gasteiger partial charge is 0.494 e. The zero-order chi connectivity index (χ0) is 30.9. The molecule has 228 valence electrons. The van der Waals surface area contributed by atoms with Crippen LogP contribution in [0.4, 0.5) is 5.69 Å². The Morgan fingerprint density at radius 3 is 2.32 bits per heavy atom. The molecule has 4 aromatic rings. The lowest BCUT2D eigenvalue weighted by atomic mass is 9.82. The number of amides is 1. The number of aliphatic hydroxyl groups is 1. The number of nitrogens with zero attached hydrogens (tertiary/aromatic N) is 2. The molecule has 3 N–H and O–H groups in total. The first-order chi connectivity index (χ1) is 21.4. The van der Waals surface area contributed by atoms with E-state index in [0.29, 0.717) is 37.6 Å². The Hall–Kier alpha value is -4.18. The topological polar surface area (TPSA) is 95.4 Å². The molecule has 0 saturated heterocycles. The van der Waals surface area contributed by atoms with Crippen LogP contribution in [0.25, 0.3) is 0 Å². The van der Waals surface area contributed by atoms with E-state index in [1.54, 1.807) is 0 Å². The van der Waals surface area contributed by atoms with Gasteiger partial charge in [-0.3, -0.25) is 10.2 Å². The Bertz CT molecular complexity index is 1540. The Morgan fingerprint density at radius 2 is 1.66 bits per heavy atom. The molecule has 9 heteroatoms. The number of benzene rings is 4. The number of aliphatic imine (C=N–C) groups is 1. The molecule has 0 unspecified atom stereocenters. The minimum absolute atomic E-state index is 0.0727. The first kappa shape index (κ1) is 31.3. The predicted octanol–water partition coefficient (Wildman–Crippen LogP) is 5.60. The Labute approximate surface area is 266 Å². The fourth-order valence-electron chi connectivity index (χ4n) is 5.07. The average Bonchev–Trinajstić information content (AvgIpc) is 3.43. The van der Waals surface area contributed by atoms with Crippen molar-refractivity contribution in [2.45, 2.75) is 31.0 Å². The summed E-state index contributed by atoms with van der Waals surface area (Å²) in [6.07, 6.45) is 0.192. The summed E-state index contributed by atoms with van der Waals surface area (Å²) >= 11 is 3.52. The van der Waals surface area contributed by atoms with E-state index in [1.807, 2.05) is 122 Å². The summed E-state index contributed by atoms with van der Waals surface area (Å²) in [5, 5.41) is 9.05. The zero-order valence-corrected chi connectivity index (χ0v) is 26.5. The van der Waals surface area contributed by atoms with Crippen molar-refractivity contribution >= 4 is 33.4 Å². The molecule has 1 heterocycles. The summed E-state index contributed by atoms with van der Waals surface area (Å²) in [4.78, 5) is 21.4. The molecule has 0 radical (unpaired) electrons. The number of carbonyl (C=O) groups excluding carboxylic acids is 1. The summed E-state index contributed by atoms with van der Waals surface area (Å²) in [5.74, 6) is 0.768. The fraction of sp³-hybridized carbons (Fsp3) is 0.257. The van der Waals surface area contributed by atoms with Gasteiger partial charge in [-0.1, -0.05) is 70.5 Å². The van der Waals surface area contributed by atoms with Gasteiger partial charge in [0.2, 0.25) is 5.90 Å². The number of anilines is 1. The smallest absolute Gasteiger partial charge is 0.266 e. The number of rotatable bonds is 13. The van der Waals surface area contributed by atoms with Gasteiger partial charge in [0.15, 0.2) is 11.6 Å². The predicted molar refractivity (Wildman–Crippen MR) is 177 cm³/mol. The third kappa shape index (κ3) is 7.48. The Morgan fingerprint density at radius 1 is 0.955 bits per heavy atom. The third-order valence-corrected chi connectivity index (χ3v) is 7.99. The highest BCUT2D eigenvalue weighted by Gasteiger charge is 2.53. The summed E-state index contributed by atoms with van der Waals surface area (Å²) in [7, 11) is 4.00. The number of hydrogen-bond acceptors (Lipinski definition) is 7. The van der Waals surface area contributed by atoms with Crippen LogP contribution in [-0.4, -0.2) is 49.8 Å². The molecule has 44 heavy (non-hydrogen) atoms. The van der Waals surface area contributed by atoms with Crippen LogP contribution in [0, 0.1) is 0 Å². The minimum atomic E-state index is -1.30. The molecule has 0 spiro atoms. The molecule has 1 aliphatic heterocycles. The van der Waals surface area contributed by atoms with E-state index in [0.717, 1.165) is 32.4 Å². The lowest BCUT2D eigenvalue weighted by Gasteiger charge is -2.31. The number of ether oxygens (including phenoxy) is 2. The van der Waals surface area contributed by atoms with Crippen LogP contribution in [-0.2, 0) is 22.5 Å². The highest BCUT2D eigenvalue weighted by Crippen LogP contribution is 2.42. The Kier molecular flexibility index (Phi) is 10.3. The lowest BCUT2D eigenvalue weighted by molar-refractivity contribution is -0.130. The second-order valence-electron chi connectivity index (χ2n) is 10.9. The van der Waals surface area contributed by atoms with Gasteiger partial charge in [0.25, 0.3) is 5.91 Å². The lowest BCUT2D eigenvalue weighted by Crippen LogP contribution is -2.53. The Balaban J connectivity index is 1.47. The molecule has 0 saturated carbocycles. The van der Waals surface area contributed by atoms with E-state index in [9.17, 15) is 4.79 Å². The van der Waals surface area contributed by atoms with Crippen molar-refractivity contribution in [2.24, 2.45) is 4.99 Å². The molecule has 8 nitrogen and oxygen atoms in total. The monoisotopic (exact) mass is 656 g/mol. The second kappa shape index (κ2) is 14.5. The van der Waals surface area contributed by atoms with Gasteiger partial charge in [-0.15, -0.1) is 0 Å². The molecule has 0 aromatic heterocycles. The first-order valence-electron chi connectivity index (χ1n) is 14.6.